The molecule has 2 nitrogen and oxygen atoms in total. The van der Waals surface area contributed by atoms with Crippen molar-refractivity contribution in [1.29, 1.82) is 0 Å². The molecule has 3 heteroatoms. The largest absolute Gasteiger partial charge is 0.292 e. The van der Waals surface area contributed by atoms with E-state index in [1.807, 2.05) is 6.20 Å². The molecule has 0 radical (unpaired) electrons. The predicted molar refractivity (Wildman–Crippen MR) is 93.5 cm³/mol. The highest BCUT2D eigenvalue weighted by Crippen LogP contribution is 2.34. The third-order valence-corrected chi connectivity index (χ3v) is 5.16. The van der Waals surface area contributed by atoms with Gasteiger partial charge in [-0.1, -0.05) is 42.5 Å². The Hall–Kier alpha value is -2.65. The second-order valence-corrected chi connectivity index (χ2v) is 6.47. The molecule has 0 atom stereocenters. The number of nitrogens with zero attached hydrogens (tertiary/aromatic N) is 2. The fourth-order valence-corrected chi connectivity index (χ4v) is 4.06. The summed E-state index contributed by atoms with van der Waals surface area (Å²) in [4.78, 5) is 5.89. The van der Waals surface area contributed by atoms with Gasteiger partial charge in [-0.25, -0.2) is 4.98 Å². The van der Waals surface area contributed by atoms with Crippen LogP contribution in [-0.4, -0.2) is 9.38 Å². The summed E-state index contributed by atoms with van der Waals surface area (Å²) >= 11 is 1.80. The lowest BCUT2D eigenvalue weighted by Crippen LogP contribution is -1.90. The Balaban J connectivity index is 1.89. The van der Waals surface area contributed by atoms with Crippen molar-refractivity contribution >= 4 is 37.8 Å². The number of hydrogen-bond donors (Lipinski definition) is 0. The molecule has 5 rings (SSSR count). The molecule has 0 fully saturated rings. The molecule has 0 N–H and O–H groups in total. The number of fused-ring (bicyclic) bond motifs is 4. The number of thiophene rings is 1. The fourth-order valence-electron chi connectivity index (χ4n) is 3.01. The quantitative estimate of drug-likeness (QED) is 0.407. The normalized spacial score (nSPS) is 11.6. The van der Waals surface area contributed by atoms with Crippen molar-refractivity contribution in [3.63, 3.8) is 0 Å². The number of rotatable bonds is 1. The van der Waals surface area contributed by atoms with Gasteiger partial charge in [0, 0.05) is 4.70 Å². The molecule has 22 heavy (non-hydrogen) atoms. The van der Waals surface area contributed by atoms with Crippen LogP contribution in [0.5, 0.6) is 0 Å². The molecule has 0 spiro atoms. The van der Waals surface area contributed by atoms with Crippen LogP contribution in [0.15, 0.2) is 72.9 Å². The topological polar surface area (TPSA) is 17.3 Å². The van der Waals surface area contributed by atoms with Crippen molar-refractivity contribution in [1.82, 2.24) is 9.38 Å². The van der Waals surface area contributed by atoms with E-state index in [9.17, 15) is 0 Å². The van der Waals surface area contributed by atoms with Gasteiger partial charge >= 0.3 is 0 Å². The van der Waals surface area contributed by atoms with E-state index in [1.165, 1.54) is 25.9 Å². The maximum absolute atomic E-state index is 4.68. The second-order valence-electron chi connectivity index (χ2n) is 5.38. The van der Waals surface area contributed by atoms with Crippen LogP contribution in [0.1, 0.15) is 0 Å². The summed E-state index contributed by atoms with van der Waals surface area (Å²) < 4.78 is 3.55. The van der Waals surface area contributed by atoms with Gasteiger partial charge in [0.1, 0.15) is 0 Å². The lowest BCUT2D eigenvalue weighted by atomic mass is 10.2. The van der Waals surface area contributed by atoms with Crippen LogP contribution in [0, 0.1) is 0 Å². The molecule has 2 aromatic carbocycles. The molecular weight excluding hydrogens is 288 g/mol. The zero-order valence-corrected chi connectivity index (χ0v) is 12.5. The standard InChI is InChI=1S/C19H12N2S/c1-3-7-16-13(5-1)9-10-15-12-20-19(21(15)16)18-11-14-6-2-4-8-17(14)22-18/h1-12H. The average molecular weight is 300 g/mol. The Morgan fingerprint density at radius 3 is 2.55 bits per heavy atom. The van der Waals surface area contributed by atoms with E-state index in [0.717, 1.165) is 11.3 Å². The summed E-state index contributed by atoms with van der Waals surface area (Å²) in [5.41, 5.74) is 2.33. The van der Waals surface area contributed by atoms with Crippen molar-refractivity contribution in [2.75, 3.05) is 0 Å². The maximum atomic E-state index is 4.68. The number of pyridine rings is 1. The molecular formula is C19H12N2S. The molecule has 0 saturated carbocycles. The summed E-state index contributed by atoms with van der Waals surface area (Å²) in [6.07, 6.45) is 1.95. The molecule has 0 unspecified atom stereocenters. The second kappa shape index (κ2) is 4.42. The van der Waals surface area contributed by atoms with Crippen molar-refractivity contribution in [3.05, 3.63) is 72.9 Å². The zero-order valence-electron chi connectivity index (χ0n) is 11.7. The maximum Gasteiger partial charge on any atom is 0.155 e. The van der Waals surface area contributed by atoms with E-state index in [1.54, 1.807) is 11.3 Å². The predicted octanol–water partition coefficient (Wildman–Crippen LogP) is 5.37. The molecule has 0 amide bonds. The van der Waals surface area contributed by atoms with Gasteiger partial charge in [0.05, 0.1) is 22.1 Å². The lowest BCUT2D eigenvalue weighted by Gasteiger charge is -2.04. The van der Waals surface area contributed by atoms with Crippen LogP contribution < -0.4 is 0 Å². The summed E-state index contributed by atoms with van der Waals surface area (Å²) in [5, 5.41) is 2.51. The minimum Gasteiger partial charge on any atom is -0.292 e. The van der Waals surface area contributed by atoms with E-state index in [2.05, 4.69) is 76.1 Å². The van der Waals surface area contributed by atoms with Crippen LogP contribution in [-0.2, 0) is 0 Å². The minimum absolute atomic E-state index is 1.02. The Morgan fingerprint density at radius 2 is 1.64 bits per heavy atom. The number of aromatic nitrogens is 2. The van der Waals surface area contributed by atoms with Crippen LogP contribution in [0.2, 0.25) is 0 Å². The Kier molecular flexibility index (Phi) is 2.40. The van der Waals surface area contributed by atoms with Gasteiger partial charge in [-0.2, -0.15) is 0 Å². The number of benzene rings is 2. The molecule has 0 saturated heterocycles. The summed E-state index contributed by atoms with van der Waals surface area (Å²) in [5.74, 6) is 1.02. The Bertz CT molecular complexity index is 1100. The highest BCUT2D eigenvalue weighted by molar-refractivity contribution is 7.22. The lowest BCUT2D eigenvalue weighted by molar-refractivity contribution is 1.23. The SMILES string of the molecule is c1ccc2sc(-c3ncc4ccc5ccccc5n34)cc2c1. The van der Waals surface area contributed by atoms with E-state index in [-0.39, 0.29) is 0 Å². The molecule has 5 aromatic rings. The number of imidazole rings is 1. The van der Waals surface area contributed by atoms with Crippen LogP contribution >= 0.6 is 11.3 Å². The first-order valence-corrected chi connectivity index (χ1v) is 8.06. The van der Waals surface area contributed by atoms with Gasteiger partial charge in [0.15, 0.2) is 5.82 Å². The zero-order chi connectivity index (χ0) is 14.5. The van der Waals surface area contributed by atoms with Gasteiger partial charge in [0.2, 0.25) is 0 Å². The minimum atomic E-state index is 1.02. The van der Waals surface area contributed by atoms with Crippen molar-refractivity contribution in [3.8, 4) is 10.7 Å². The van der Waals surface area contributed by atoms with Gasteiger partial charge in [0.25, 0.3) is 0 Å². The fraction of sp³-hybridized carbons (Fsp3) is 0. The Labute approximate surface area is 131 Å². The van der Waals surface area contributed by atoms with E-state index in [0.29, 0.717) is 0 Å². The molecule has 0 aliphatic rings. The van der Waals surface area contributed by atoms with Crippen molar-refractivity contribution < 1.29 is 0 Å². The molecule has 104 valence electrons. The smallest absolute Gasteiger partial charge is 0.155 e. The average Bonchev–Trinajstić information content (AvgIpc) is 3.18. The van der Waals surface area contributed by atoms with Gasteiger partial charge in [-0.15, -0.1) is 11.3 Å². The van der Waals surface area contributed by atoms with Crippen LogP contribution in [0.4, 0.5) is 0 Å². The summed E-state index contributed by atoms with van der Waals surface area (Å²) in [7, 11) is 0. The molecule has 0 aliphatic heterocycles. The first kappa shape index (κ1) is 12.0. The molecule has 0 aliphatic carbocycles. The first-order chi connectivity index (χ1) is 10.9. The van der Waals surface area contributed by atoms with Gasteiger partial charge < -0.3 is 0 Å². The Morgan fingerprint density at radius 1 is 0.818 bits per heavy atom. The summed E-state index contributed by atoms with van der Waals surface area (Å²) in [6, 6.07) is 23.5. The third-order valence-electron chi connectivity index (χ3n) is 4.05. The first-order valence-electron chi connectivity index (χ1n) is 7.24. The summed E-state index contributed by atoms with van der Waals surface area (Å²) in [6.45, 7) is 0. The van der Waals surface area contributed by atoms with Crippen LogP contribution in [0.3, 0.4) is 0 Å². The third kappa shape index (κ3) is 1.63. The highest BCUT2D eigenvalue weighted by Gasteiger charge is 2.12. The van der Waals surface area contributed by atoms with Crippen LogP contribution in [0.25, 0.3) is 37.2 Å². The molecule has 3 heterocycles. The molecule has 3 aromatic heterocycles. The molecule has 0 bridgehead atoms. The van der Waals surface area contributed by atoms with E-state index < -0.39 is 0 Å². The van der Waals surface area contributed by atoms with E-state index >= 15 is 0 Å². The van der Waals surface area contributed by atoms with Gasteiger partial charge in [-0.3, -0.25) is 4.40 Å². The van der Waals surface area contributed by atoms with Crippen molar-refractivity contribution in [2.45, 2.75) is 0 Å². The number of hydrogen-bond acceptors (Lipinski definition) is 2. The van der Waals surface area contributed by atoms with E-state index in [4.69, 9.17) is 0 Å². The monoisotopic (exact) mass is 300 g/mol. The number of para-hydroxylation sites is 1. The highest BCUT2D eigenvalue weighted by atomic mass is 32.1. The van der Waals surface area contributed by atoms with Gasteiger partial charge in [-0.05, 0) is 35.0 Å². The van der Waals surface area contributed by atoms with Crippen molar-refractivity contribution in [2.24, 2.45) is 0 Å².